The van der Waals surface area contributed by atoms with E-state index >= 15 is 0 Å². The normalized spacial score (nSPS) is 10.6. The van der Waals surface area contributed by atoms with Crippen molar-refractivity contribution in [3.05, 3.63) is 40.9 Å². The summed E-state index contributed by atoms with van der Waals surface area (Å²) in [7, 11) is 0. The van der Waals surface area contributed by atoms with Gasteiger partial charge in [0.25, 0.3) is 0 Å². The van der Waals surface area contributed by atoms with E-state index in [-0.39, 0.29) is 0 Å². The average molecular weight is 300 g/mol. The van der Waals surface area contributed by atoms with Gasteiger partial charge in [0.15, 0.2) is 0 Å². The van der Waals surface area contributed by atoms with Gasteiger partial charge in [-0.25, -0.2) is 0 Å². The van der Waals surface area contributed by atoms with Crippen molar-refractivity contribution < 1.29 is 4.74 Å². The van der Waals surface area contributed by atoms with Gasteiger partial charge in [0.2, 0.25) is 0 Å². The zero-order valence-electron chi connectivity index (χ0n) is 8.75. The van der Waals surface area contributed by atoms with Gasteiger partial charge in [-0.15, -0.1) is 11.6 Å². The van der Waals surface area contributed by atoms with E-state index in [4.69, 9.17) is 16.3 Å². The number of benzene rings is 2. The minimum Gasteiger partial charge on any atom is -0.494 e. The Bertz CT molecular complexity index is 484. The van der Waals surface area contributed by atoms with Gasteiger partial charge in [0, 0.05) is 10.4 Å². The Morgan fingerprint density at radius 3 is 2.62 bits per heavy atom. The van der Waals surface area contributed by atoms with Crippen molar-refractivity contribution >= 4 is 38.3 Å². The van der Waals surface area contributed by atoms with Crippen LogP contribution in [0.25, 0.3) is 10.8 Å². The molecule has 0 radical (unpaired) electrons. The second-order valence-corrected chi connectivity index (χ2v) is 4.84. The zero-order valence-corrected chi connectivity index (χ0v) is 11.1. The fraction of sp³-hybridized carbons (Fsp3) is 0.231. The Hall–Kier alpha value is -0.730. The van der Waals surface area contributed by atoms with Crippen LogP contribution in [0.3, 0.4) is 0 Å². The summed E-state index contributed by atoms with van der Waals surface area (Å²) in [6.45, 7) is 0.672. The average Bonchev–Trinajstić information content (AvgIpc) is 2.29. The van der Waals surface area contributed by atoms with Crippen molar-refractivity contribution in [2.75, 3.05) is 12.5 Å². The van der Waals surface area contributed by atoms with E-state index in [1.54, 1.807) is 0 Å². The first kappa shape index (κ1) is 11.7. The van der Waals surface area contributed by atoms with Crippen molar-refractivity contribution in [2.24, 2.45) is 0 Å². The van der Waals surface area contributed by atoms with Crippen LogP contribution in [0.15, 0.2) is 40.9 Å². The van der Waals surface area contributed by atoms with E-state index in [1.165, 1.54) is 10.8 Å². The highest BCUT2D eigenvalue weighted by Crippen LogP contribution is 2.24. The summed E-state index contributed by atoms with van der Waals surface area (Å²) in [5.74, 6) is 1.54. The summed E-state index contributed by atoms with van der Waals surface area (Å²) < 4.78 is 6.68. The fourth-order valence-corrected chi connectivity index (χ4v) is 2.02. The summed E-state index contributed by atoms with van der Waals surface area (Å²) >= 11 is 9.05. The predicted octanol–water partition coefficient (Wildman–Crippen LogP) is 4.61. The topological polar surface area (TPSA) is 9.23 Å². The van der Waals surface area contributed by atoms with Gasteiger partial charge in [-0.2, -0.15) is 0 Å². The number of ether oxygens (including phenoxy) is 1. The number of halogens is 2. The van der Waals surface area contributed by atoms with Crippen LogP contribution in [0, 0.1) is 0 Å². The van der Waals surface area contributed by atoms with Gasteiger partial charge in [-0.1, -0.05) is 28.1 Å². The maximum Gasteiger partial charge on any atom is 0.119 e. The maximum atomic E-state index is 5.60. The second kappa shape index (κ2) is 5.55. The third-order valence-electron chi connectivity index (χ3n) is 2.32. The number of hydrogen-bond donors (Lipinski definition) is 0. The van der Waals surface area contributed by atoms with E-state index in [9.17, 15) is 0 Å². The lowest BCUT2D eigenvalue weighted by Gasteiger charge is -2.06. The molecule has 0 aliphatic heterocycles. The molecule has 1 nitrogen and oxygen atoms in total. The molecule has 0 saturated carbocycles. The van der Waals surface area contributed by atoms with Crippen molar-refractivity contribution in [3.63, 3.8) is 0 Å². The lowest BCUT2D eigenvalue weighted by molar-refractivity contribution is 0.319. The highest BCUT2D eigenvalue weighted by Gasteiger charge is 1.98. The van der Waals surface area contributed by atoms with Crippen LogP contribution in [0.4, 0.5) is 0 Å². The van der Waals surface area contributed by atoms with E-state index < -0.39 is 0 Å². The molecule has 0 aromatic heterocycles. The molecule has 0 aliphatic rings. The third-order valence-corrected chi connectivity index (χ3v) is 3.08. The summed E-state index contributed by atoms with van der Waals surface area (Å²) in [5.41, 5.74) is 0. The van der Waals surface area contributed by atoms with E-state index in [0.717, 1.165) is 16.6 Å². The molecular formula is C13H12BrClO. The van der Waals surface area contributed by atoms with Crippen LogP contribution in [0.5, 0.6) is 5.75 Å². The van der Waals surface area contributed by atoms with E-state index in [1.807, 2.05) is 12.1 Å². The highest BCUT2D eigenvalue weighted by atomic mass is 79.9. The standard InChI is InChI=1S/C13H12BrClO/c14-12-4-2-11-9-13(16-7-1-6-15)5-3-10(11)8-12/h2-5,8-9H,1,6-7H2. The van der Waals surface area contributed by atoms with Gasteiger partial charge in [-0.3, -0.25) is 0 Å². The smallest absolute Gasteiger partial charge is 0.119 e. The third kappa shape index (κ3) is 2.89. The van der Waals surface area contributed by atoms with Gasteiger partial charge >= 0.3 is 0 Å². The van der Waals surface area contributed by atoms with Gasteiger partial charge in [0.05, 0.1) is 6.61 Å². The molecule has 0 heterocycles. The van der Waals surface area contributed by atoms with Crippen LogP contribution >= 0.6 is 27.5 Å². The van der Waals surface area contributed by atoms with E-state index in [2.05, 4.69) is 40.2 Å². The lowest BCUT2D eigenvalue weighted by atomic mass is 10.1. The van der Waals surface area contributed by atoms with Gasteiger partial charge in [0.1, 0.15) is 5.75 Å². The van der Waals surface area contributed by atoms with Crippen LogP contribution in [0.2, 0.25) is 0 Å². The quantitative estimate of drug-likeness (QED) is 0.592. The van der Waals surface area contributed by atoms with Crippen LogP contribution in [0.1, 0.15) is 6.42 Å². The molecule has 2 aromatic carbocycles. The molecule has 0 fully saturated rings. The van der Waals surface area contributed by atoms with Crippen molar-refractivity contribution in [1.82, 2.24) is 0 Å². The summed E-state index contributed by atoms with van der Waals surface area (Å²) in [5, 5.41) is 2.39. The van der Waals surface area contributed by atoms with Gasteiger partial charge < -0.3 is 4.74 Å². The Balaban J connectivity index is 2.20. The number of alkyl halides is 1. The Labute approximate surface area is 108 Å². The first-order chi connectivity index (χ1) is 7.79. The molecule has 2 rings (SSSR count). The number of hydrogen-bond acceptors (Lipinski definition) is 1. The summed E-state index contributed by atoms with van der Waals surface area (Å²) in [6, 6.07) is 12.3. The maximum absolute atomic E-state index is 5.60. The minimum atomic E-state index is 0.639. The molecular weight excluding hydrogens is 287 g/mol. The molecule has 0 bridgehead atoms. The minimum absolute atomic E-state index is 0.639. The molecule has 0 N–H and O–H groups in total. The Kier molecular flexibility index (Phi) is 4.08. The Morgan fingerprint density at radius 1 is 1.06 bits per heavy atom. The molecule has 84 valence electrons. The molecule has 0 aliphatic carbocycles. The highest BCUT2D eigenvalue weighted by molar-refractivity contribution is 9.10. The molecule has 2 aromatic rings. The molecule has 0 saturated heterocycles. The first-order valence-electron chi connectivity index (χ1n) is 5.18. The van der Waals surface area contributed by atoms with Crippen LogP contribution in [-0.2, 0) is 0 Å². The molecule has 0 spiro atoms. The molecule has 0 amide bonds. The number of fused-ring (bicyclic) bond motifs is 1. The SMILES string of the molecule is ClCCCOc1ccc2cc(Br)ccc2c1. The molecule has 16 heavy (non-hydrogen) atoms. The summed E-state index contributed by atoms with van der Waals surface area (Å²) in [6.07, 6.45) is 0.875. The largest absolute Gasteiger partial charge is 0.494 e. The predicted molar refractivity (Wildman–Crippen MR) is 72.5 cm³/mol. The molecule has 0 atom stereocenters. The van der Waals surface area contributed by atoms with Crippen LogP contribution in [-0.4, -0.2) is 12.5 Å². The van der Waals surface area contributed by atoms with Crippen molar-refractivity contribution in [3.8, 4) is 5.75 Å². The molecule has 0 unspecified atom stereocenters. The monoisotopic (exact) mass is 298 g/mol. The van der Waals surface area contributed by atoms with Crippen molar-refractivity contribution in [1.29, 1.82) is 0 Å². The second-order valence-electron chi connectivity index (χ2n) is 3.54. The Morgan fingerprint density at radius 2 is 1.81 bits per heavy atom. The lowest BCUT2D eigenvalue weighted by Crippen LogP contribution is -1.97. The first-order valence-corrected chi connectivity index (χ1v) is 6.50. The number of rotatable bonds is 4. The zero-order chi connectivity index (χ0) is 11.4. The molecule has 3 heteroatoms. The fourth-order valence-electron chi connectivity index (χ4n) is 1.53. The summed E-state index contributed by atoms with van der Waals surface area (Å²) in [4.78, 5) is 0. The van der Waals surface area contributed by atoms with E-state index in [0.29, 0.717) is 12.5 Å². The van der Waals surface area contributed by atoms with Crippen molar-refractivity contribution in [2.45, 2.75) is 6.42 Å². The van der Waals surface area contributed by atoms with Crippen LogP contribution < -0.4 is 4.74 Å². The van der Waals surface area contributed by atoms with Gasteiger partial charge in [-0.05, 0) is 41.5 Å².